The summed E-state index contributed by atoms with van der Waals surface area (Å²) in [6, 6.07) is 0. The van der Waals surface area contributed by atoms with Gasteiger partial charge in [0.25, 0.3) is 0 Å². The van der Waals surface area contributed by atoms with E-state index >= 15 is 0 Å². The standard InChI is InChI=1S/C7H14ClN3O/c1-4-9-10-6-7(8)11(3)12-5-2/h4,6,10H,5H2,1-3H3/b7-6-,9-4-. The van der Waals surface area contributed by atoms with E-state index in [-0.39, 0.29) is 0 Å². The molecule has 0 heterocycles. The summed E-state index contributed by atoms with van der Waals surface area (Å²) in [7, 11) is 1.72. The van der Waals surface area contributed by atoms with Crippen LogP contribution in [0, 0.1) is 0 Å². The number of hydroxylamine groups is 2. The first-order valence-corrected chi connectivity index (χ1v) is 4.05. The largest absolute Gasteiger partial charge is 0.283 e. The fourth-order valence-electron chi connectivity index (χ4n) is 0.511. The van der Waals surface area contributed by atoms with Crippen LogP contribution < -0.4 is 5.43 Å². The molecule has 1 N–H and O–H groups in total. The molecule has 0 saturated heterocycles. The predicted octanol–water partition coefficient (Wildman–Crippen LogP) is 1.50. The molecular formula is C7H14ClN3O. The molecule has 12 heavy (non-hydrogen) atoms. The molecule has 5 heteroatoms. The maximum Gasteiger partial charge on any atom is 0.146 e. The predicted molar refractivity (Wildman–Crippen MR) is 50.6 cm³/mol. The Hall–Kier alpha value is -0.740. The van der Waals surface area contributed by atoms with Crippen LogP contribution in [0.4, 0.5) is 0 Å². The van der Waals surface area contributed by atoms with Gasteiger partial charge in [-0.3, -0.25) is 10.3 Å². The van der Waals surface area contributed by atoms with Gasteiger partial charge in [0.15, 0.2) is 0 Å². The summed E-state index contributed by atoms with van der Waals surface area (Å²) in [5, 5.41) is 5.64. The van der Waals surface area contributed by atoms with Gasteiger partial charge in [-0.1, -0.05) is 11.6 Å². The molecule has 0 aliphatic heterocycles. The normalized spacial score (nSPS) is 12.2. The van der Waals surface area contributed by atoms with E-state index in [0.29, 0.717) is 11.8 Å². The molecule has 0 atom stereocenters. The van der Waals surface area contributed by atoms with Gasteiger partial charge in [-0.05, 0) is 13.8 Å². The van der Waals surface area contributed by atoms with E-state index in [2.05, 4.69) is 10.5 Å². The van der Waals surface area contributed by atoms with Crippen molar-refractivity contribution >= 4 is 17.8 Å². The lowest BCUT2D eigenvalue weighted by atomic mass is 10.8. The lowest BCUT2D eigenvalue weighted by Gasteiger charge is -2.15. The zero-order valence-electron chi connectivity index (χ0n) is 7.54. The van der Waals surface area contributed by atoms with Gasteiger partial charge in [-0.15, -0.1) is 0 Å². The molecular weight excluding hydrogens is 178 g/mol. The molecule has 0 aromatic carbocycles. The lowest BCUT2D eigenvalue weighted by Crippen LogP contribution is -2.16. The van der Waals surface area contributed by atoms with Crippen molar-refractivity contribution in [3.63, 3.8) is 0 Å². The highest BCUT2D eigenvalue weighted by Crippen LogP contribution is 2.05. The molecule has 0 fully saturated rings. The SMILES string of the molecule is C/C=N\N/C=C(/Cl)N(C)OCC. The highest BCUT2D eigenvalue weighted by atomic mass is 35.5. The summed E-state index contributed by atoms with van der Waals surface area (Å²) >= 11 is 5.77. The summed E-state index contributed by atoms with van der Waals surface area (Å²) < 4.78 is 0. The van der Waals surface area contributed by atoms with Crippen LogP contribution in [0.15, 0.2) is 16.5 Å². The van der Waals surface area contributed by atoms with Crippen molar-refractivity contribution in [2.45, 2.75) is 13.8 Å². The average molecular weight is 192 g/mol. The van der Waals surface area contributed by atoms with Crippen LogP contribution in [-0.2, 0) is 4.84 Å². The summed E-state index contributed by atoms with van der Waals surface area (Å²) in [5.74, 6) is 0. The third kappa shape index (κ3) is 4.98. The van der Waals surface area contributed by atoms with Crippen LogP contribution in [0.5, 0.6) is 0 Å². The van der Waals surface area contributed by atoms with Crippen LogP contribution in [0.1, 0.15) is 13.8 Å². The smallest absolute Gasteiger partial charge is 0.146 e. The van der Waals surface area contributed by atoms with Crippen LogP contribution in [0.25, 0.3) is 0 Å². The fourth-order valence-corrected chi connectivity index (χ4v) is 0.609. The Morgan fingerprint density at radius 1 is 1.75 bits per heavy atom. The Balaban J connectivity index is 3.81. The van der Waals surface area contributed by atoms with E-state index in [0.717, 1.165) is 0 Å². The molecule has 0 aliphatic rings. The minimum Gasteiger partial charge on any atom is -0.283 e. The van der Waals surface area contributed by atoms with Gasteiger partial charge in [0, 0.05) is 13.3 Å². The monoisotopic (exact) mass is 191 g/mol. The van der Waals surface area contributed by atoms with E-state index < -0.39 is 0 Å². The molecule has 0 aromatic rings. The average Bonchev–Trinajstić information content (AvgIpc) is 2.05. The van der Waals surface area contributed by atoms with E-state index in [1.165, 1.54) is 11.3 Å². The molecule has 0 unspecified atom stereocenters. The highest BCUT2D eigenvalue weighted by Gasteiger charge is 1.98. The maximum atomic E-state index is 5.77. The first-order chi connectivity index (χ1) is 5.72. The van der Waals surface area contributed by atoms with Crippen molar-refractivity contribution in [1.82, 2.24) is 10.5 Å². The number of halogens is 1. The highest BCUT2D eigenvalue weighted by molar-refractivity contribution is 6.28. The van der Waals surface area contributed by atoms with Crippen molar-refractivity contribution in [1.29, 1.82) is 0 Å². The Labute approximate surface area is 77.8 Å². The van der Waals surface area contributed by atoms with Gasteiger partial charge in [0.1, 0.15) is 5.16 Å². The number of hydrogen-bond acceptors (Lipinski definition) is 4. The second kappa shape index (κ2) is 6.94. The maximum absolute atomic E-state index is 5.77. The van der Waals surface area contributed by atoms with Crippen LogP contribution in [0.2, 0.25) is 0 Å². The number of rotatable bonds is 5. The minimum absolute atomic E-state index is 0.447. The quantitative estimate of drug-likeness (QED) is 0.407. The van der Waals surface area contributed by atoms with Crippen LogP contribution in [0.3, 0.4) is 0 Å². The molecule has 70 valence electrons. The van der Waals surface area contributed by atoms with Gasteiger partial charge >= 0.3 is 0 Å². The van der Waals surface area contributed by atoms with Crippen molar-refractivity contribution < 1.29 is 4.84 Å². The molecule has 4 nitrogen and oxygen atoms in total. The molecule has 0 spiro atoms. The zero-order chi connectivity index (χ0) is 9.40. The Morgan fingerprint density at radius 2 is 2.42 bits per heavy atom. The fraction of sp³-hybridized carbons (Fsp3) is 0.571. The van der Waals surface area contributed by atoms with Crippen molar-refractivity contribution in [2.75, 3.05) is 13.7 Å². The lowest BCUT2D eigenvalue weighted by molar-refractivity contribution is -0.0987. The number of nitrogens with one attached hydrogen (secondary N) is 1. The molecule has 0 bridgehead atoms. The summed E-state index contributed by atoms with van der Waals surface area (Å²) in [4.78, 5) is 5.08. The van der Waals surface area contributed by atoms with E-state index in [1.807, 2.05) is 6.92 Å². The Morgan fingerprint density at radius 3 is 2.92 bits per heavy atom. The Bertz CT molecular complexity index is 170. The van der Waals surface area contributed by atoms with E-state index in [4.69, 9.17) is 16.4 Å². The molecule has 0 saturated carbocycles. The molecule has 0 amide bonds. The number of hydrogen-bond donors (Lipinski definition) is 1. The molecule has 0 radical (unpaired) electrons. The van der Waals surface area contributed by atoms with Crippen molar-refractivity contribution in [3.05, 3.63) is 11.4 Å². The molecule has 0 aliphatic carbocycles. The van der Waals surface area contributed by atoms with Gasteiger partial charge in [0.05, 0.1) is 12.8 Å². The van der Waals surface area contributed by atoms with Crippen LogP contribution in [-0.4, -0.2) is 24.9 Å². The van der Waals surface area contributed by atoms with Gasteiger partial charge in [-0.25, -0.2) is 5.06 Å². The second-order valence-corrected chi connectivity index (χ2v) is 2.29. The van der Waals surface area contributed by atoms with Crippen molar-refractivity contribution in [3.8, 4) is 0 Å². The zero-order valence-corrected chi connectivity index (χ0v) is 8.30. The second-order valence-electron chi connectivity index (χ2n) is 1.90. The van der Waals surface area contributed by atoms with Crippen LogP contribution >= 0.6 is 11.6 Å². The first kappa shape index (κ1) is 11.3. The Kier molecular flexibility index (Phi) is 6.51. The first-order valence-electron chi connectivity index (χ1n) is 3.67. The van der Waals surface area contributed by atoms with Gasteiger partial charge in [-0.2, -0.15) is 5.10 Å². The third-order valence-electron chi connectivity index (χ3n) is 1.01. The van der Waals surface area contributed by atoms with Crippen molar-refractivity contribution in [2.24, 2.45) is 5.10 Å². The topological polar surface area (TPSA) is 36.9 Å². The summed E-state index contributed by atoms with van der Waals surface area (Å²) in [5.41, 5.74) is 2.63. The molecule has 0 aromatic heterocycles. The van der Waals surface area contributed by atoms with Gasteiger partial charge in [0.2, 0.25) is 0 Å². The number of hydrazone groups is 1. The summed E-state index contributed by atoms with van der Waals surface area (Å²) in [6.07, 6.45) is 3.17. The van der Waals surface area contributed by atoms with E-state index in [1.54, 1.807) is 20.2 Å². The molecule has 0 rings (SSSR count). The van der Waals surface area contributed by atoms with Gasteiger partial charge < -0.3 is 0 Å². The number of nitrogens with zero attached hydrogens (tertiary/aromatic N) is 2. The minimum atomic E-state index is 0.447. The van der Waals surface area contributed by atoms with E-state index in [9.17, 15) is 0 Å². The third-order valence-corrected chi connectivity index (χ3v) is 1.36. The summed E-state index contributed by atoms with van der Waals surface area (Å²) in [6.45, 7) is 4.27.